The van der Waals surface area contributed by atoms with Crippen LogP contribution in [0.4, 0.5) is 0 Å². The summed E-state index contributed by atoms with van der Waals surface area (Å²) in [5, 5.41) is 4.03. The molecule has 0 aliphatic carbocycles. The number of carbonyl (C=O) groups is 1. The Hall–Kier alpha value is -3.01. The maximum absolute atomic E-state index is 12.4. The van der Waals surface area contributed by atoms with Gasteiger partial charge in [-0.05, 0) is 58.5 Å². The third-order valence-electron chi connectivity index (χ3n) is 3.76. The number of nitrogens with one attached hydrogen (secondary N) is 1. The Balaban J connectivity index is 2.11. The van der Waals surface area contributed by atoms with Gasteiger partial charge in [0, 0.05) is 5.56 Å². The SMILES string of the molecule is C=CCOc1ccc(C(=O)N/N=C/c2cc(I)c(OCC=C)c(OC)c2)cc1OC. The normalized spacial score (nSPS) is 10.4. The zero-order chi connectivity index (χ0) is 21.9. The van der Waals surface area contributed by atoms with Crippen LogP contribution in [0, 0.1) is 3.57 Å². The first kappa shape index (κ1) is 23.3. The lowest BCUT2D eigenvalue weighted by molar-refractivity contribution is 0.0954. The molecular formula is C22H23IN2O5. The summed E-state index contributed by atoms with van der Waals surface area (Å²) in [5.74, 6) is 1.79. The van der Waals surface area contributed by atoms with Gasteiger partial charge in [-0.1, -0.05) is 25.3 Å². The standard InChI is InChI=1S/C22H23IN2O5/c1-5-9-29-18-8-7-16(13-19(18)27-3)22(26)25-24-14-15-11-17(23)21(30-10-6-2)20(12-15)28-4/h5-8,11-14H,1-2,9-10H2,3-4H3,(H,25,26)/b24-14+. The van der Waals surface area contributed by atoms with Crippen molar-refractivity contribution in [2.45, 2.75) is 0 Å². The summed E-state index contributed by atoms with van der Waals surface area (Å²) in [6.07, 6.45) is 4.81. The molecule has 7 nitrogen and oxygen atoms in total. The number of hydrogen-bond acceptors (Lipinski definition) is 6. The van der Waals surface area contributed by atoms with Crippen LogP contribution in [0.5, 0.6) is 23.0 Å². The van der Waals surface area contributed by atoms with Crippen molar-refractivity contribution >= 4 is 34.7 Å². The molecule has 1 N–H and O–H groups in total. The molecule has 0 bridgehead atoms. The van der Waals surface area contributed by atoms with E-state index in [0.717, 1.165) is 9.13 Å². The highest BCUT2D eigenvalue weighted by atomic mass is 127. The molecule has 2 aromatic rings. The number of benzene rings is 2. The number of halogens is 1. The summed E-state index contributed by atoms with van der Waals surface area (Å²) in [6.45, 7) is 7.96. The number of carbonyl (C=O) groups excluding carboxylic acids is 1. The van der Waals surface area contributed by atoms with Crippen LogP contribution in [-0.2, 0) is 0 Å². The Morgan fingerprint density at radius 2 is 1.73 bits per heavy atom. The van der Waals surface area contributed by atoms with E-state index in [-0.39, 0.29) is 5.91 Å². The van der Waals surface area contributed by atoms with Crippen molar-refractivity contribution in [3.8, 4) is 23.0 Å². The summed E-state index contributed by atoms with van der Waals surface area (Å²) in [6, 6.07) is 8.51. The van der Waals surface area contributed by atoms with Gasteiger partial charge < -0.3 is 18.9 Å². The topological polar surface area (TPSA) is 78.4 Å². The van der Waals surface area contributed by atoms with E-state index < -0.39 is 0 Å². The van der Waals surface area contributed by atoms with E-state index >= 15 is 0 Å². The molecular weight excluding hydrogens is 499 g/mol. The van der Waals surface area contributed by atoms with Crippen LogP contribution in [-0.4, -0.2) is 39.6 Å². The molecule has 0 saturated heterocycles. The van der Waals surface area contributed by atoms with Crippen LogP contribution in [0.1, 0.15) is 15.9 Å². The third-order valence-corrected chi connectivity index (χ3v) is 4.56. The van der Waals surface area contributed by atoms with Gasteiger partial charge >= 0.3 is 0 Å². The highest BCUT2D eigenvalue weighted by Crippen LogP contribution is 2.33. The quantitative estimate of drug-likeness (QED) is 0.207. The lowest BCUT2D eigenvalue weighted by Gasteiger charge is -2.12. The Bertz CT molecular complexity index is 943. The number of rotatable bonds is 11. The summed E-state index contributed by atoms with van der Waals surface area (Å²) < 4.78 is 22.6. The molecule has 0 aliphatic heterocycles. The van der Waals surface area contributed by atoms with E-state index in [9.17, 15) is 4.79 Å². The lowest BCUT2D eigenvalue weighted by atomic mass is 10.2. The van der Waals surface area contributed by atoms with E-state index in [1.165, 1.54) is 13.3 Å². The Labute approximate surface area is 189 Å². The molecule has 0 saturated carbocycles. The molecule has 0 fully saturated rings. The van der Waals surface area contributed by atoms with Crippen LogP contribution in [0.25, 0.3) is 0 Å². The van der Waals surface area contributed by atoms with Crippen LogP contribution >= 0.6 is 22.6 Å². The minimum absolute atomic E-state index is 0.339. The van der Waals surface area contributed by atoms with Crippen molar-refractivity contribution in [2.75, 3.05) is 27.4 Å². The fraction of sp³-hybridized carbons (Fsp3) is 0.182. The fourth-order valence-corrected chi connectivity index (χ4v) is 3.18. The van der Waals surface area contributed by atoms with Crippen molar-refractivity contribution in [1.82, 2.24) is 5.43 Å². The van der Waals surface area contributed by atoms with Crippen LogP contribution in [0.15, 0.2) is 60.7 Å². The molecule has 8 heteroatoms. The first-order chi connectivity index (χ1) is 14.5. The van der Waals surface area contributed by atoms with Crippen molar-refractivity contribution in [2.24, 2.45) is 5.10 Å². The van der Waals surface area contributed by atoms with E-state index in [4.69, 9.17) is 18.9 Å². The number of methoxy groups -OCH3 is 2. The highest BCUT2D eigenvalue weighted by molar-refractivity contribution is 14.1. The number of ether oxygens (including phenoxy) is 4. The first-order valence-electron chi connectivity index (χ1n) is 8.90. The van der Waals surface area contributed by atoms with Crippen molar-refractivity contribution < 1.29 is 23.7 Å². The van der Waals surface area contributed by atoms with E-state index in [2.05, 4.69) is 46.3 Å². The Morgan fingerprint density at radius 3 is 2.40 bits per heavy atom. The van der Waals surface area contributed by atoms with Gasteiger partial charge in [-0.15, -0.1) is 0 Å². The van der Waals surface area contributed by atoms with Crippen molar-refractivity contribution in [1.29, 1.82) is 0 Å². The average molecular weight is 522 g/mol. The van der Waals surface area contributed by atoms with Crippen molar-refractivity contribution in [3.63, 3.8) is 0 Å². The van der Waals surface area contributed by atoms with Gasteiger partial charge in [0.15, 0.2) is 23.0 Å². The molecule has 0 heterocycles. The van der Waals surface area contributed by atoms with Gasteiger partial charge in [0.05, 0.1) is 24.0 Å². The fourth-order valence-electron chi connectivity index (χ4n) is 2.40. The molecule has 0 aliphatic rings. The van der Waals surface area contributed by atoms with Crippen molar-refractivity contribution in [3.05, 3.63) is 70.3 Å². The second-order valence-corrected chi connectivity index (χ2v) is 6.96. The molecule has 0 radical (unpaired) electrons. The number of hydrazone groups is 1. The van der Waals surface area contributed by atoms with Crippen LogP contribution in [0.2, 0.25) is 0 Å². The van der Waals surface area contributed by atoms with E-state index in [1.54, 1.807) is 43.5 Å². The molecule has 0 spiro atoms. The van der Waals surface area contributed by atoms with Crippen LogP contribution in [0.3, 0.4) is 0 Å². The zero-order valence-corrected chi connectivity index (χ0v) is 19.0. The number of hydrogen-bond donors (Lipinski definition) is 1. The number of nitrogens with zero attached hydrogens (tertiary/aromatic N) is 1. The summed E-state index contributed by atoms with van der Waals surface area (Å²) in [4.78, 5) is 12.4. The second kappa shape index (κ2) is 11.9. The maximum atomic E-state index is 12.4. The maximum Gasteiger partial charge on any atom is 0.271 e. The molecule has 30 heavy (non-hydrogen) atoms. The summed E-state index contributed by atoms with van der Waals surface area (Å²) in [5.41, 5.74) is 3.63. The van der Waals surface area contributed by atoms with Gasteiger partial charge in [0.2, 0.25) is 0 Å². The highest BCUT2D eigenvalue weighted by Gasteiger charge is 2.12. The van der Waals surface area contributed by atoms with Gasteiger partial charge in [-0.3, -0.25) is 4.79 Å². The zero-order valence-electron chi connectivity index (χ0n) is 16.8. The molecule has 0 aromatic heterocycles. The molecule has 2 rings (SSSR count). The second-order valence-electron chi connectivity index (χ2n) is 5.80. The molecule has 0 atom stereocenters. The van der Waals surface area contributed by atoms with Gasteiger partial charge in [-0.25, -0.2) is 5.43 Å². The molecule has 2 aromatic carbocycles. The lowest BCUT2D eigenvalue weighted by Crippen LogP contribution is -2.17. The average Bonchev–Trinajstić information content (AvgIpc) is 2.76. The summed E-state index contributed by atoms with van der Waals surface area (Å²) in [7, 11) is 3.07. The van der Waals surface area contributed by atoms with E-state index in [0.29, 0.717) is 41.8 Å². The predicted molar refractivity (Wildman–Crippen MR) is 125 cm³/mol. The first-order valence-corrected chi connectivity index (χ1v) is 9.98. The minimum atomic E-state index is -0.382. The molecule has 158 valence electrons. The third kappa shape index (κ3) is 6.24. The Kier molecular flexibility index (Phi) is 9.20. The minimum Gasteiger partial charge on any atom is -0.493 e. The van der Waals surface area contributed by atoms with Gasteiger partial charge in [0.1, 0.15) is 13.2 Å². The molecule has 0 unspecified atom stereocenters. The number of amides is 1. The largest absolute Gasteiger partial charge is 0.493 e. The molecule has 1 amide bonds. The van der Waals surface area contributed by atoms with Gasteiger partial charge in [0.25, 0.3) is 5.91 Å². The Morgan fingerprint density at radius 1 is 1.03 bits per heavy atom. The smallest absolute Gasteiger partial charge is 0.271 e. The monoisotopic (exact) mass is 522 g/mol. The predicted octanol–water partition coefficient (Wildman–Crippen LogP) is 4.20. The van der Waals surface area contributed by atoms with E-state index in [1.807, 2.05) is 6.07 Å². The summed E-state index contributed by atoms with van der Waals surface area (Å²) >= 11 is 2.15. The van der Waals surface area contributed by atoms with Crippen LogP contribution < -0.4 is 24.4 Å². The van der Waals surface area contributed by atoms with Gasteiger partial charge in [-0.2, -0.15) is 5.10 Å².